The average Bonchev–Trinajstić information content (AvgIpc) is 3.29. The van der Waals surface area contributed by atoms with Gasteiger partial charge in [0, 0.05) is 36.7 Å². The van der Waals surface area contributed by atoms with Crippen LogP contribution in [0.25, 0.3) is 5.69 Å². The van der Waals surface area contributed by atoms with E-state index in [2.05, 4.69) is 10.4 Å². The number of rotatable bonds is 5. The molecule has 1 aliphatic heterocycles. The highest BCUT2D eigenvalue weighted by Gasteiger charge is 2.27. The monoisotopic (exact) mass is 444 g/mol. The maximum atomic E-state index is 14.5. The van der Waals surface area contributed by atoms with Gasteiger partial charge in [0.05, 0.1) is 18.1 Å². The van der Waals surface area contributed by atoms with Gasteiger partial charge >= 0.3 is 0 Å². The molecule has 0 bridgehead atoms. The maximum absolute atomic E-state index is 14.5. The highest BCUT2D eigenvalue weighted by Crippen LogP contribution is 2.23. The van der Waals surface area contributed by atoms with Crippen molar-refractivity contribution < 1.29 is 22.3 Å². The number of morpholine rings is 1. The van der Waals surface area contributed by atoms with Crippen LogP contribution in [0.1, 0.15) is 15.9 Å². The van der Waals surface area contributed by atoms with E-state index in [1.54, 1.807) is 31.3 Å². The van der Waals surface area contributed by atoms with Gasteiger partial charge in [-0.15, -0.1) is 0 Å². The quantitative estimate of drug-likeness (QED) is 0.653. The van der Waals surface area contributed by atoms with E-state index >= 15 is 0 Å². The number of nitrogens with one attached hydrogen (secondary N) is 1. The third kappa shape index (κ3) is 4.36. The molecule has 2 heterocycles. The Hall–Kier alpha value is -3.08. The van der Waals surface area contributed by atoms with Crippen LogP contribution < -0.4 is 5.32 Å². The molecule has 1 aromatic heterocycles. The van der Waals surface area contributed by atoms with Crippen LogP contribution in [0.15, 0.2) is 59.8 Å². The van der Waals surface area contributed by atoms with Crippen molar-refractivity contribution in [2.75, 3.05) is 31.6 Å². The number of nitrogens with zero attached hydrogens (tertiary/aromatic N) is 3. The molecule has 3 aromatic rings. The van der Waals surface area contributed by atoms with Crippen molar-refractivity contribution in [2.45, 2.75) is 11.8 Å². The van der Waals surface area contributed by atoms with Gasteiger partial charge in [-0.05, 0) is 48.9 Å². The van der Waals surface area contributed by atoms with Crippen molar-refractivity contribution in [1.82, 2.24) is 14.1 Å². The molecule has 1 fully saturated rings. The van der Waals surface area contributed by atoms with E-state index in [9.17, 15) is 17.6 Å². The minimum Gasteiger partial charge on any atom is -0.379 e. The maximum Gasteiger partial charge on any atom is 0.255 e. The second kappa shape index (κ2) is 8.58. The third-order valence-corrected chi connectivity index (χ3v) is 6.91. The standard InChI is InChI=1S/C21H21FN4O4S/c1-15-3-5-17(31(28,29)25-9-11-30-12-10-25)14-18(15)21(27)24-16-4-6-20(19(22)13-16)26-8-2-7-23-26/h2-8,13-14H,9-12H2,1H3,(H,24,27). The topological polar surface area (TPSA) is 93.5 Å². The van der Waals surface area contributed by atoms with Crippen LogP contribution in [-0.4, -0.2) is 54.7 Å². The fourth-order valence-electron chi connectivity index (χ4n) is 3.32. The number of hydrogen-bond donors (Lipinski definition) is 1. The fraction of sp³-hybridized carbons (Fsp3) is 0.238. The zero-order valence-corrected chi connectivity index (χ0v) is 17.6. The number of carbonyl (C=O) groups excluding carboxylic acids is 1. The van der Waals surface area contributed by atoms with Gasteiger partial charge in [0.1, 0.15) is 5.69 Å². The van der Waals surface area contributed by atoms with Crippen molar-refractivity contribution in [3.63, 3.8) is 0 Å². The summed E-state index contributed by atoms with van der Waals surface area (Å²) >= 11 is 0. The lowest BCUT2D eigenvalue weighted by atomic mass is 10.1. The summed E-state index contributed by atoms with van der Waals surface area (Å²) in [5.74, 6) is -1.08. The van der Waals surface area contributed by atoms with E-state index in [1.165, 1.54) is 39.4 Å². The molecule has 0 aliphatic carbocycles. The van der Waals surface area contributed by atoms with E-state index < -0.39 is 21.7 Å². The number of halogens is 1. The molecule has 1 amide bonds. The Morgan fingerprint density at radius 3 is 2.61 bits per heavy atom. The number of ether oxygens (including phenoxy) is 1. The highest BCUT2D eigenvalue weighted by atomic mass is 32.2. The lowest BCUT2D eigenvalue weighted by Crippen LogP contribution is -2.40. The first-order valence-corrected chi connectivity index (χ1v) is 11.1. The SMILES string of the molecule is Cc1ccc(S(=O)(=O)N2CCOCC2)cc1C(=O)Nc1ccc(-n2cccn2)c(F)c1. The Kier molecular flexibility index (Phi) is 5.86. The lowest BCUT2D eigenvalue weighted by molar-refractivity contribution is 0.0730. The van der Waals surface area contributed by atoms with Crippen LogP contribution in [0, 0.1) is 12.7 Å². The van der Waals surface area contributed by atoms with E-state index in [4.69, 9.17) is 4.74 Å². The molecule has 0 spiro atoms. The molecule has 1 N–H and O–H groups in total. The zero-order valence-electron chi connectivity index (χ0n) is 16.8. The second-order valence-corrected chi connectivity index (χ2v) is 9.00. The van der Waals surface area contributed by atoms with Crippen LogP contribution in [0.2, 0.25) is 0 Å². The minimum absolute atomic E-state index is 0.0327. The third-order valence-electron chi connectivity index (χ3n) is 5.02. The molecule has 8 nitrogen and oxygen atoms in total. The Morgan fingerprint density at radius 2 is 1.94 bits per heavy atom. The van der Waals surface area contributed by atoms with Crippen LogP contribution in [0.5, 0.6) is 0 Å². The number of anilines is 1. The smallest absolute Gasteiger partial charge is 0.255 e. The van der Waals surface area contributed by atoms with Gasteiger partial charge in [0.2, 0.25) is 10.0 Å². The summed E-state index contributed by atoms with van der Waals surface area (Å²) in [4.78, 5) is 12.9. The number of carbonyl (C=O) groups is 1. The average molecular weight is 444 g/mol. The summed E-state index contributed by atoms with van der Waals surface area (Å²) in [5, 5.41) is 6.62. The number of sulfonamides is 1. The molecule has 1 aliphatic rings. The Morgan fingerprint density at radius 1 is 1.16 bits per heavy atom. The van der Waals surface area contributed by atoms with Gasteiger partial charge < -0.3 is 10.1 Å². The normalized spacial score (nSPS) is 15.0. The van der Waals surface area contributed by atoms with Crippen LogP contribution in [0.4, 0.5) is 10.1 Å². The molecule has 0 radical (unpaired) electrons. The first kappa shape index (κ1) is 21.2. The van der Waals surface area contributed by atoms with Gasteiger partial charge in [-0.1, -0.05) is 6.07 Å². The molecular formula is C21H21FN4O4S. The van der Waals surface area contributed by atoms with E-state index in [0.29, 0.717) is 18.8 Å². The van der Waals surface area contributed by atoms with Crippen LogP contribution >= 0.6 is 0 Å². The zero-order chi connectivity index (χ0) is 22.0. The first-order valence-electron chi connectivity index (χ1n) is 9.66. The number of benzene rings is 2. The van der Waals surface area contributed by atoms with E-state index in [0.717, 1.165) is 0 Å². The number of aryl methyl sites for hydroxylation is 1. The lowest BCUT2D eigenvalue weighted by Gasteiger charge is -2.26. The van der Waals surface area contributed by atoms with E-state index in [-0.39, 0.29) is 34.9 Å². The molecule has 0 atom stereocenters. The molecule has 31 heavy (non-hydrogen) atoms. The van der Waals surface area contributed by atoms with Crippen molar-refractivity contribution >= 4 is 21.6 Å². The van der Waals surface area contributed by atoms with Gasteiger partial charge in [-0.3, -0.25) is 4.79 Å². The van der Waals surface area contributed by atoms with E-state index in [1.807, 2.05) is 0 Å². The predicted octanol–water partition coefficient (Wildman–Crippen LogP) is 2.59. The Balaban J connectivity index is 1.57. The Bertz CT molecular complexity index is 1210. The van der Waals surface area contributed by atoms with Crippen LogP contribution in [-0.2, 0) is 14.8 Å². The fourth-order valence-corrected chi connectivity index (χ4v) is 4.76. The number of hydrogen-bond acceptors (Lipinski definition) is 5. The van der Waals surface area contributed by atoms with Crippen LogP contribution in [0.3, 0.4) is 0 Å². The molecule has 0 unspecified atom stereocenters. The summed E-state index contributed by atoms with van der Waals surface area (Å²) in [5.41, 5.74) is 1.30. The summed E-state index contributed by atoms with van der Waals surface area (Å²) in [6, 6.07) is 10.4. The summed E-state index contributed by atoms with van der Waals surface area (Å²) in [6.45, 7) is 2.90. The van der Waals surface area contributed by atoms with Gasteiger partial charge in [0.15, 0.2) is 5.82 Å². The van der Waals surface area contributed by atoms with Gasteiger partial charge in [-0.2, -0.15) is 9.40 Å². The summed E-state index contributed by atoms with van der Waals surface area (Å²) in [6.07, 6.45) is 3.15. The largest absolute Gasteiger partial charge is 0.379 e. The number of aromatic nitrogens is 2. The second-order valence-electron chi connectivity index (χ2n) is 7.06. The summed E-state index contributed by atoms with van der Waals surface area (Å²) in [7, 11) is -3.74. The molecule has 162 valence electrons. The first-order chi connectivity index (χ1) is 14.9. The van der Waals surface area contributed by atoms with Crippen molar-refractivity contribution in [2.24, 2.45) is 0 Å². The molecule has 1 saturated heterocycles. The van der Waals surface area contributed by atoms with Crippen molar-refractivity contribution in [3.05, 3.63) is 71.8 Å². The molecule has 2 aromatic carbocycles. The highest BCUT2D eigenvalue weighted by molar-refractivity contribution is 7.89. The van der Waals surface area contributed by atoms with Crippen molar-refractivity contribution in [3.8, 4) is 5.69 Å². The minimum atomic E-state index is -3.74. The van der Waals surface area contributed by atoms with Gasteiger partial charge in [0.25, 0.3) is 5.91 Å². The molecule has 4 rings (SSSR count). The Labute approximate surface area is 179 Å². The molecule has 10 heteroatoms. The summed E-state index contributed by atoms with van der Waals surface area (Å²) < 4.78 is 48.2. The molecular weight excluding hydrogens is 423 g/mol. The number of amides is 1. The molecule has 0 saturated carbocycles. The predicted molar refractivity (Wildman–Crippen MR) is 112 cm³/mol. The van der Waals surface area contributed by atoms with Crippen molar-refractivity contribution in [1.29, 1.82) is 0 Å². The van der Waals surface area contributed by atoms with Gasteiger partial charge in [-0.25, -0.2) is 17.5 Å².